The van der Waals surface area contributed by atoms with Gasteiger partial charge in [-0.2, -0.15) is 0 Å². The SMILES string of the molecule is CCCS(=O)(=O)NCCc1c(C)[nH]c2ccc(Cl)cc12. The number of benzene rings is 1. The van der Waals surface area contributed by atoms with Crippen LogP contribution in [-0.2, 0) is 16.4 Å². The lowest BCUT2D eigenvalue weighted by Gasteiger charge is -2.06. The highest BCUT2D eigenvalue weighted by Crippen LogP contribution is 2.25. The van der Waals surface area contributed by atoms with Crippen molar-refractivity contribution in [2.24, 2.45) is 0 Å². The Morgan fingerprint density at radius 1 is 1.35 bits per heavy atom. The number of rotatable bonds is 6. The van der Waals surface area contributed by atoms with Crippen molar-refractivity contribution >= 4 is 32.5 Å². The minimum absolute atomic E-state index is 0.172. The molecule has 0 saturated heterocycles. The Hall–Kier alpha value is -1.04. The van der Waals surface area contributed by atoms with Crippen molar-refractivity contribution in [3.63, 3.8) is 0 Å². The summed E-state index contributed by atoms with van der Waals surface area (Å²) < 4.78 is 25.9. The van der Waals surface area contributed by atoms with Crippen LogP contribution in [0.2, 0.25) is 5.02 Å². The van der Waals surface area contributed by atoms with Gasteiger partial charge in [-0.25, -0.2) is 13.1 Å². The number of aromatic amines is 1. The third-order valence-corrected chi connectivity index (χ3v) is 5.08. The highest BCUT2D eigenvalue weighted by Gasteiger charge is 2.11. The van der Waals surface area contributed by atoms with Gasteiger partial charge in [0.1, 0.15) is 0 Å². The number of halogens is 1. The maximum absolute atomic E-state index is 11.6. The zero-order valence-corrected chi connectivity index (χ0v) is 13.2. The van der Waals surface area contributed by atoms with Crippen LogP contribution in [0.15, 0.2) is 18.2 Å². The van der Waals surface area contributed by atoms with Crippen LogP contribution in [0.1, 0.15) is 24.6 Å². The maximum Gasteiger partial charge on any atom is 0.211 e. The average molecular weight is 315 g/mol. The second-order valence-corrected chi connectivity index (χ2v) is 7.24. The Kier molecular flexibility index (Phi) is 4.73. The molecule has 0 unspecified atom stereocenters. The molecule has 0 aliphatic heterocycles. The number of hydrogen-bond donors (Lipinski definition) is 2. The highest BCUT2D eigenvalue weighted by atomic mass is 35.5. The van der Waals surface area contributed by atoms with Gasteiger partial charge < -0.3 is 4.98 Å². The molecule has 2 N–H and O–H groups in total. The van der Waals surface area contributed by atoms with E-state index in [1.165, 1.54) is 0 Å². The van der Waals surface area contributed by atoms with Crippen LogP contribution in [0.5, 0.6) is 0 Å². The quantitative estimate of drug-likeness (QED) is 0.861. The number of aromatic nitrogens is 1. The molecule has 4 nitrogen and oxygen atoms in total. The van der Waals surface area contributed by atoms with E-state index in [1.54, 1.807) is 0 Å². The molecule has 0 fully saturated rings. The Morgan fingerprint density at radius 3 is 2.80 bits per heavy atom. The highest BCUT2D eigenvalue weighted by molar-refractivity contribution is 7.89. The van der Waals surface area contributed by atoms with E-state index < -0.39 is 10.0 Å². The van der Waals surface area contributed by atoms with Gasteiger partial charge >= 0.3 is 0 Å². The van der Waals surface area contributed by atoms with E-state index in [9.17, 15) is 8.42 Å². The molecule has 20 heavy (non-hydrogen) atoms. The van der Waals surface area contributed by atoms with E-state index in [-0.39, 0.29) is 5.75 Å². The summed E-state index contributed by atoms with van der Waals surface area (Å²) in [5.41, 5.74) is 3.19. The zero-order chi connectivity index (χ0) is 14.8. The minimum atomic E-state index is -3.15. The molecular weight excluding hydrogens is 296 g/mol. The molecular formula is C14H19ClN2O2S. The molecule has 2 aromatic rings. The molecule has 0 atom stereocenters. The van der Waals surface area contributed by atoms with Crippen molar-refractivity contribution in [3.05, 3.63) is 34.5 Å². The van der Waals surface area contributed by atoms with Gasteiger partial charge in [-0.15, -0.1) is 0 Å². The summed E-state index contributed by atoms with van der Waals surface area (Å²) in [7, 11) is -3.15. The molecule has 0 spiro atoms. The van der Waals surface area contributed by atoms with Crippen molar-refractivity contribution in [3.8, 4) is 0 Å². The smallest absolute Gasteiger partial charge is 0.211 e. The first-order chi connectivity index (χ1) is 9.43. The predicted octanol–water partition coefficient (Wildman–Crippen LogP) is 3.00. The number of fused-ring (bicyclic) bond motifs is 1. The first kappa shape index (κ1) is 15.4. The molecule has 110 valence electrons. The first-order valence-corrected chi connectivity index (χ1v) is 8.70. The maximum atomic E-state index is 11.6. The van der Waals surface area contributed by atoms with Gasteiger partial charge in [-0.05, 0) is 43.5 Å². The van der Waals surface area contributed by atoms with Crippen molar-refractivity contribution in [1.29, 1.82) is 0 Å². The largest absolute Gasteiger partial charge is 0.358 e. The van der Waals surface area contributed by atoms with Gasteiger partial charge in [0, 0.05) is 28.2 Å². The molecule has 1 aromatic carbocycles. The van der Waals surface area contributed by atoms with Crippen molar-refractivity contribution in [1.82, 2.24) is 9.71 Å². The Bertz CT molecular complexity index is 707. The summed E-state index contributed by atoms with van der Waals surface area (Å²) in [6, 6.07) is 5.69. The Balaban J connectivity index is 2.14. The van der Waals surface area contributed by atoms with Gasteiger partial charge in [-0.1, -0.05) is 18.5 Å². The fourth-order valence-electron chi connectivity index (χ4n) is 2.35. The Labute approximate surface area is 124 Å². The third kappa shape index (κ3) is 3.53. The zero-order valence-electron chi connectivity index (χ0n) is 11.7. The topological polar surface area (TPSA) is 62.0 Å². The van der Waals surface area contributed by atoms with E-state index in [1.807, 2.05) is 32.0 Å². The second-order valence-electron chi connectivity index (χ2n) is 4.88. The van der Waals surface area contributed by atoms with E-state index in [4.69, 9.17) is 11.6 Å². The number of aryl methyl sites for hydroxylation is 1. The van der Waals surface area contributed by atoms with Gasteiger partial charge in [0.25, 0.3) is 0 Å². The van der Waals surface area contributed by atoms with Gasteiger partial charge in [-0.3, -0.25) is 0 Å². The number of H-pyrrole nitrogens is 1. The summed E-state index contributed by atoms with van der Waals surface area (Å²) >= 11 is 6.02. The molecule has 0 amide bonds. The lowest BCUT2D eigenvalue weighted by atomic mass is 10.1. The third-order valence-electron chi connectivity index (χ3n) is 3.25. The number of hydrogen-bond acceptors (Lipinski definition) is 2. The van der Waals surface area contributed by atoms with Crippen LogP contribution in [0, 0.1) is 6.92 Å². The van der Waals surface area contributed by atoms with Gasteiger partial charge in [0.05, 0.1) is 5.75 Å². The lowest BCUT2D eigenvalue weighted by molar-refractivity contribution is 0.580. The normalized spacial score (nSPS) is 12.2. The molecule has 0 bridgehead atoms. The minimum Gasteiger partial charge on any atom is -0.358 e. The van der Waals surface area contributed by atoms with Crippen LogP contribution in [0.4, 0.5) is 0 Å². The molecule has 2 rings (SSSR count). The molecule has 6 heteroatoms. The first-order valence-electron chi connectivity index (χ1n) is 6.67. The van der Waals surface area contributed by atoms with Crippen LogP contribution in [0.25, 0.3) is 10.9 Å². The average Bonchev–Trinajstić information content (AvgIpc) is 2.65. The summed E-state index contributed by atoms with van der Waals surface area (Å²) in [5, 5.41) is 1.74. The molecule has 0 aliphatic rings. The monoisotopic (exact) mass is 314 g/mol. The van der Waals surface area contributed by atoms with E-state index in [2.05, 4.69) is 9.71 Å². The van der Waals surface area contributed by atoms with Crippen LogP contribution >= 0.6 is 11.6 Å². The molecule has 1 aromatic heterocycles. The molecule has 0 radical (unpaired) electrons. The van der Waals surface area contributed by atoms with Crippen molar-refractivity contribution < 1.29 is 8.42 Å². The summed E-state index contributed by atoms with van der Waals surface area (Å²) in [5.74, 6) is 0.172. The summed E-state index contributed by atoms with van der Waals surface area (Å²) in [6.07, 6.45) is 1.27. The number of nitrogens with one attached hydrogen (secondary N) is 2. The fraction of sp³-hybridized carbons (Fsp3) is 0.429. The van der Waals surface area contributed by atoms with E-state index in [0.717, 1.165) is 22.2 Å². The second kappa shape index (κ2) is 6.16. The molecule has 0 aliphatic carbocycles. The molecule has 0 saturated carbocycles. The fourth-order valence-corrected chi connectivity index (χ4v) is 3.62. The standard InChI is InChI=1S/C14H19ClN2O2S/c1-3-8-20(18,19)16-7-6-12-10(2)17-14-5-4-11(15)9-13(12)14/h4-5,9,16-17H,3,6-8H2,1-2H3. The van der Waals surface area contributed by atoms with Crippen LogP contribution < -0.4 is 4.72 Å². The van der Waals surface area contributed by atoms with E-state index >= 15 is 0 Å². The van der Waals surface area contributed by atoms with E-state index in [0.29, 0.717) is 24.4 Å². The van der Waals surface area contributed by atoms with Crippen molar-refractivity contribution in [2.45, 2.75) is 26.7 Å². The predicted molar refractivity (Wildman–Crippen MR) is 83.8 cm³/mol. The van der Waals surface area contributed by atoms with Crippen molar-refractivity contribution in [2.75, 3.05) is 12.3 Å². The Morgan fingerprint density at radius 2 is 2.10 bits per heavy atom. The van der Waals surface area contributed by atoms with Crippen LogP contribution in [0.3, 0.4) is 0 Å². The summed E-state index contributed by atoms with van der Waals surface area (Å²) in [4.78, 5) is 3.29. The molecule has 1 heterocycles. The van der Waals surface area contributed by atoms with Gasteiger partial charge in [0.15, 0.2) is 0 Å². The van der Waals surface area contributed by atoms with Gasteiger partial charge in [0.2, 0.25) is 10.0 Å². The lowest BCUT2D eigenvalue weighted by Crippen LogP contribution is -2.28. The summed E-state index contributed by atoms with van der Waals surface area (Å²) in [6.45, 7) is 4.25. The van der Waals surface area contributed by atoms with Crippen LogP contribution in [-0.4, -0.2) is 25.7 Å². The number of sulfonamides is 1.